The summed E-state index contributed by atoms with van der Waals surface area (Å²) < 4.78 is 2.04. The molecule has 0 radical (unpaired) electrons. The molecule has 1 heterocycles. The quantitative estimate of drug-likeness (QED) is 0.887. The summed E-state index contributed by atoms with van der Waals surface area (Å²) >= 11 is 0. The third kappa shape index (κ3) is 3.36. The van der Waals surface area contributed by atoms with E-state index in [-0.39, 0.29) is 17.9 Å². The lowest BCUT2D eigenvalue weighted by Crippen LogP contribution is -2.36. The van der Waals surface area contributed by atoms with Gasteiger partial charge in [0.15, 0.2) is 0 Å². The van der Waals surface area contributed by atoms with Crippen LogP contribution in [0.3, 0.4) is 0 Å². The molecule has 1 unspecified atom stereocenters. The first-order valence-corrected chi connectivity index (χ1v) is 8.71. The predicted octanol–water partition coefficient (Wildman–Crippen LogP) is 2.73. The highest BCUT2D eigenvalue weighted by Crippen LogP contribution is 2.31. The van der Waals surface area contributed by atoms with Crippen molar-refractivity contribution < 1.29 is 4.79 Å². The summed E-state index contributed by atoms with van der Waals surface area (Å²) in [7, 11) is 0. The maximum absolute atomic E-state index is 12.5. The van der Waals surface area contributed by atoms with Gasteiger partial charge in [-0.2, -0.15) is 0 Å². The number of imidazole rings is 1. The first-order chi connectivity index (χ1) is 11.6. The predicted molar refractivity (Wildman–Crippen MR) is 94.7 cm³/mol. The van der Waals surface area contributed by atoms with Gasteiger partial charge in [0.05, 0.1) is 6.04 Å². The highest BCUT2D eigenvalue weighted by atomic mass is 16.2. The lowest BCUT2D eigenvalue weighted by Gasteiger charge is -2.21. The summed E-state index contributed by atoms with van der Waals surface area (Å²) in [5, 5.41) is 3.15. The van der Waals surface area contributed by atoms with E-state index in [1.807, 2.05) is 24.6 Å². The second-order valence-electron chi connectivity index (χ2n) is 6.70. The molecule has 128 valence electrons. The number of benzene rings is 1. The molecule has 5 heteroatoms. The van der Waals surface area contributed by atoms with Crippen molar-refractivity contribution in [3.63, 3.8) is 0 Å². The molecule has 1 aliphatic carbocycles. The third-order valence-corrected chi connectivity index (χ3v) is 5.15. The van der Waals surface area contributed by atoms with E-state index in [0.29, 0.717) is 12.5 Å². The molecule has 1 saturated carbocycles. The van der Waals surface area contributed by atoms with Crippen LogP contribution < -0.4 is 11.1 Å². The monoisotopic (exact) mass is 326 g/mol. The van der Waals surface area contributed by atoms with E-state index in [1.165, 1.54) is 0 Å². The van der Waals surface area contributed by atoms with Crippen molar-refractivity contribution in [3.05, 3.63) is 48.0 Å². The molecule has 0 bridgehead atoms. The van der Waals surface area contributed by atoms with Crippen LogP contribution in [-0.2, 0) is 4.79 Å². The average molecular weight is 326 g/mol. The Morgan fingerprint density at radius 2 is 2.12 bits per heavy atom. The van der Waals surface area contributed by atoms with Crippen molar-refractivity contribution in [3.8, 4) is 5.69 Å². The number of nitrogens with two attached hydrogens (primary N) is 1. The molecule has 0 saturated heterocycles. The zero-order chi connectivity index (χ0) is 17.1. The largest absolute Gasteiger partial charge is 0.349 e. The van der Waals surface area contributed by atoms with E-state index >= 15 is 0 Å². The van der Waals surface area contributed by atoms with E-state index < -0.39 is 0 Å². The summed E-state index contributed by atoms with van der Waals surface area (Å²) in [4.78, 5) is 16.8. The van der Waals surface area contributed by atoms with Crippen LogP contribution in [0.4, 0.5) is 0 Å². The van der Waals surface area contributed by atoms with Gasteiger partial charge in [0, 0.05) is 24.0 Å². The van der Waals surface area contributed by atoms with Crippen LogP contribution in [0.5, 0.6) is 0 Å². The summed E-state index contributed by atoms with van der Waals surface area (Å²) in [5.74, 6) is 1.51. The van der Waals surface area contributed by atoms with Gasteiger partial charge in [0.25, 0.3) is 0 Å². The van der Waals surface area contributed by atoms with Gasteiger partial charge in [-0.3, -0.25) is 4.79 Å². The number of aryl methyl sites for hydroxylation is 1. The number of hydrogen-bond acceptors (Lipinski definition) is 3. The summed E-state index contributed by atoms with van der Waals surface area (Å²) in [5.41, 5.74) is 7.97. The number of hydrogen-bond donors (Lipinski definition) is 2. The van der Waals surface area contributed by atoms with Gasteiger partial charge in [-0.1, -0.05) is 18.6 Å². The minimum Gasteiger partial charge on any atom is -0.349 e. The summed E-state index contributed by atoms with van der Waals surface area (Å²) in [6, 6.07) is 8.24. The minimum atomic E-state index is -0.00513. The first-order valence-electron chi connectivity index (χ1n) is 8.71. The van der Waals surface area contributed by atoms with E-state index in [9.17, 15) is 4.79 Å². The zero-order valence-corrected chi connectivity index (χ0v) is 14.4. The van der Waals surface area contributed by atoms with Crippen molar-refractivity contribution in [2.45, 2.75) is 39.2 Å². The molecule has 0 spiro atoms. The first kappa shape index (κ1) is 16.7. The number of nitrogens with zero attached hydrogens (tertiary/aromatic N) is 2. The van der Waals surface area contributed by atoms with Crippen molar-refractivity contribution >= 4 is 5.91 Å². The van der Waals surface area contributed by atoms with Gasteiger partial charge in [0.1, 0.15) is 5.82 Å². The van der Waals surface area contributed by atoms with Crippen LogP contribution in [0.15, 0.2) is 36.7 Å². The number of carbonyl (C=O) groups excluding carboxylic acids is 1. The Labute approximate surface area is 143 Å². The van der Waals surface area contributed by atoms with Gasteiger partial charge >= 0.3 is 0 Å². The number of rotatable bonds is 5. The highest BCUT2D eigenvalue weighted by molar-refractivity contribution is 5.79. The second kappa shape index (κ2) is 7.18. The molecule has 2 aromatic rings. The van der Waals surface area contributed by atoms with Crippen molar-refractivity contribution in [1.29, 1.82) is 0 Å². The fourth-order valence-electron chi connectivity index (χ4n) is 3.64. The second-order valence-corrected chi connectivity index (χ2v) is 6.70. The maximum atomic E-state index is 12.5. The highest BCUT2D eigenvalue weighted by Gasteiger charge is 2.32. The smallest absolute Gasteiger partial charge is 0.223 e. The van der Waals surface area contributed by atoms with E-state index in [4.69, 9.17) is 5.73 Å². The van der Waals surface area contributed by atoms with Gasteiger partial charge in [0.2, 0.25) is 5.91 Å². The molecule has 24 heavy (non-hydrogen) atoms. The molecule has 3 rings (SSSR count). The lowest BCUT2D eigenvalue weighted by molar-refractivity contribution is -0.126. The number of amides is 1. The molecule has 5 nitrogen and oxygen atoms in total. The Balaban J connectivity index is 1.66. The zero-order valence-electron chi connectivity index (χ0n) is 14.4. The molecule has 1 aromatic heterocycles. The summed E-state index contributed by atoms with van der Waals surface area (Å²) in [6.07, 6.45) is 6.87. The maximum Gasteiger partial charge on any atom is 0.223 e. The van der Waals surface area contributed by atoms with E-state index in [0.717, 1.165) is 36.3 Å². The molecule has 1 aliphatic rings. The van der Waals surface area contributed by atoms with Crippen molar-refractivity contribution in [1.82, 2.24) is 14.9 Å². The van der Waals surface area contributed by atoms with Crippen LogP contribution in [0, 0.1) is 18.8 Å². The molecule has 1 amide bonds. The van der Waals surface area contributed by atoms with E-state index in [1.54, 1.807) is 6.20 Å². The lowest BCUT2D eigenvalue weighted by atomic mass is 9.94. The molecular formula is C19H26N4O. The van der Waals surface area contributed by atoms with Crippen LogP contribution in [-0.4, -0.2) is 22.0 Å². The Morgan fingerprint density at radius 1 is 1.38 bits per heavy atom. The normalized spacial score (nSPS) is 21.6. The summed E-state index contributed by atoms with van der Waals surface area (Å²) in [6.45, 7) is 4.61. The minimum absolute atomic E-state index is 0.00513. The topological polar surface area (TPSA) is 72.9 Å². The number of aromatic nitrogens is 2. The molecule has 1 fully saturated rings. The fraction of sp³-hybridized carbons (Fsp3) is 0.474. The average Bonchev–Trinajstić information content (AvgIpc) is 3.23. The standard InChI is InChI=1S/C19H26N4O/c1-13(22-19(24)18-5-3-4-16(18)12-20)15-6-8-17(9-7-15)23-11-10-21-14(23)2/h6-11,13,16,18H,3-5,12,20H2,1-2H3,(H,22,24)/t13?,16-,18-/m1/s1. The molecule has 3 atom stereocenters. The van der Waals surface area contributed by atoms with E-state index in [2.05, 4.69) is 34.6 Å². The molecule has 1 aromatic carbocycles. The Morgan fingerprint density at radius 3 is 2.75 bits per heavy atom. The van der Waals surface area contributed by atoms with Gasteiger partial charge in [-0.25, -0.2) is 4.98 Å². The Bertz CT molecular complexity index is 692. The number of nitrogens with one attached hydrogen (secondary N) is 1. The number of carbonyl (C=O) groups is 1. The van der Waals surface area contributed by atoms with Crippen molar-refractivity contribution in [2.75, 3.05) is 6.54 Å². The van der Waals surface area contributed by atoms with Crippen LogP contribution in [0.1, 0.15) is 43.6 Å². The fourth-order valence-corrected chi connectivity index (χ4v) is 3.64. The molecular weight excluding hydrogens is 300 g/mol. The van der Waals surface area contributed by atoms with Crippen LogP contribution >= 0.6 is 0 Å². The Hall–Kier alpha value is -2.14. The van der Waals surface area contributed by atoms with Gasteiger partial charge < -0.3 is 15.6 Å². The third-order valence-electron chi connectivity index (χ3n) is 5.15. The SMILES string of the molecule is Cc1nccn1-c1ccc(C(C)NC(=O)[C@@H]2CCC[C@@H]2CN)cc1. The van der Waals surface area contributed by atoms with Gasteiger partial charge in [-0.15, -0.1) is 0 Å². The Kier molecular flexibility index (Phi) is 5.00. The van der Waals surface area contributed by atoms with Crippen molar-refractivity contribution in [2.24, 2.45) is 17.6 Å². The van der Waals surface area contributed by atoms with Gasteiger partial charge in [-0.05, 0) is 56.8 Å². The van der Waals surface area contributed by atoms with Crippen LogP contribution in [0.25, 0.3) is 5.69 Å². The van der Waals surface area contributed by atoms with Crippen LogP contribution in [0.2, 0.25) is 0 Å². The molecule has 0 aliphatic heterocycles. The molecule has 3 N–H and O–H groups in total.